The van der Waals surface area contributed by atoms with E-state index in [1.54, 1.807) is 51.7 Å². The summed E-state index contributed by atoms with van der Waals surface area (Å²) in [6, 6.07) is 9.98. The van der Waals surface area contributed by atoms with Crippen LogP contribution in [-0.4, -0.2) is 27.2 Å². The molecule has 0 bridgehead atoms. The molecule has 6 nitrogen and oxygen atoms in total. The number of hydrogen-bond acceptors (Lipinski definition) is 6. The molecule has 1 atom stereocenters. The molecule has 2 aromatic carbocycles. The van der Waals surface area contributed by atoms with Crippen LogP contribution in [0.5, 0.6) is 5.75 Å². The minimum Gasteiger partial charge on any atom is -0.497 e. The van der Waals surface area contributed by atoms with E-state index in [4.69, 9.17) is 16.3 Å². The summed E-state index contributed by atoms with van der Waals surface area (Å²) >= 11 is 6.51. The number of aromatic nitrogens is 3. The van der Waals surface area contributed by atoms with Crippen molar-refractivity contribution in [2.75, 3.05) is 12.4 Å². The predicted octanol–water partition coefficient (Wildman–Crippen LogP) is 5.89. The van der Waals surface area contributed by atoms with Gasteiger partial charge in [-0.25, -0.2) is 14.4 Å². The van der Waals surface area contributed by atoms with Crippen molar-refractivity contribution >= 4 is 28.2 Å². The van der Waals surface area contributed by atoms with Gasteiger partial charge in [0.1, 0.15) is 17.2 Å². The van der Waals surface area contributed by atoms with Crippen molar-refractivity contribution < 1.29 is 14.2 Å². The molecule has 0 fully saturated rings. The van der Waals surface area contributed by atoms with Gasteiger partial charge in [-0.3, -0.25) is 4.98 Å². The molecular formula is C25H24ClFN4O2. The van der Waals surface area contributed by atoms with Crippen LogP contribution in [0.15, 0.2) is 55.0 Å². The van der Waals surface area contributed by atoms with Crippen molar-refractivity contribution in [2.45, 2.75) is 32.4 Å². The van der Waals surface area contributed by atoms with Crippen molar-refractivity contribution in [3.05, 3.63) is 77.2 Å². The lowest BCUT2D eigenvalue weighted by molar-refractivity contribution is 0.0687. The first-order chi connectivity index (χ1) is 15.7. The summed E-state index contributed by atoms with van der Waals surface area (Å²) in [6.45, 7) is 5.12. The summed E-state index contributed by atoms with van der Waals surface area (Å²) in [5.41, 5.74) is 2.36. The Morgan fingerprint density at radius 2 is 1.76 bits per heavy atom. The Balaban J connectivity index is 1.74. The van der Waals surface area contributed by atoms with Crippen LogP contribution in [-0.2, 0) is 5.60 Å². The molecule has 8 heteroatoms. The minimum absolute atomic E-state index is 0.338. The van der Waals surface area contributed by atoms with Crippen LogP contribution in [0, 0.1) is 5.82 Å². The number of nitrogens with zero attached hydrogens (tertiary/aromatic N) is 3. The van der Waals surface area contributed by atoms with E-state index in [1.165, 1.54) is 6.07 Å². The maximum absolute atomic E-state index is 14.5. The van der Waals surface area contributed by atoms with Crippen LogP contribution >= 0.6 is 11.6 Å². The molecule has 0 saturated heterocycles. The van der Waals surface area contributed by atoms with Crippen molar-refractivity contribution in [3.63, 3.8) is 0 Å². The van der Waals surface area contributed by atoms with E-state index < -0.39 is 5.60 Å². The molecule has 0 spiro atoms. The maximum atomic E-state index is 14.5. The van der Waals surface area contributed by atoms with Crippen LogP contribution < -0.4 is 10.1 Å². The summed E-state index contributed by atoms with van der Waals surface area (Å²) in [5.74, 6) is 0.575. The average molecular weight is 467 g/mol. The normalized spacial score (nSPS) is 12.6. The Bertz CT molecular complexity index is 1310. The van der Waals surface area contributed by atoms with E-state index in [-0.39, 0.29) is 11.9 Å². The first-order valence-electron chi connectivity index (χ1n) is 10.4. The molecule has 170 valence electrons. The highest BCUT2D eigenvalue weighted by Crippen LogP contribution is 2.36. The van der Waals surface area contributed by atoms with Crippen molar-refractivity contribution in [3.8, 4) is 16.9 Å². The number of pyridine rings is 1. The second-order valence-corrected chi connectivity index (χ2v) is 8.73. The van der Waals surface area contributed by atoms with Crippen molar-refractivity contribution in [1.29, 1.82) is 0 Å². The molecule has 2 aromatic heterocycles. The van der Waals surface area contributed by atoms with Crippen molar-refractivity contribution in [1.82, 2.24) is 15.0 Å². The van der Waals surface area contributed by atoms with E-state index >= 15 is 0 Å². The van der Waals surface area contributed by atoms with Crippen LogP contribution in [0.3, 0.4) is 0 Å². The number of aliphatic hydroxyl groups is 1. The van der Waals surface area contributed by atoms with E-state index in [0.717, 1.165) is 22.0 Å². The fourth-order valence-electron chi connectivity index (χ4n) is 3.56. The lowest BCUT2D eigenvalue weighted by Gasteiger charge is -2.20. The van der Waals surface area contributed by atoms with Gasteiger partial charge in [-0.15, -0.1) is 0 Å². The van der Waals surface area contributed by atoms with Crippen LogP contribution in [0.25, 0.3) is 22.0 Å². The highest BCUT2D eigenvalue weighted by atomic mass is 35.5. The zero-order valence-corrected chi connectivity index (χ0v) is 19.5. The van der Waals surface area contributed by atoms with Gasteiger partial charge < -0.3 is 15.2 Å². The Morgan fingerprint density at radius 1 is 1.03 bits per heavy atom. The monoisotopic (exact) mass is 466 g/mol. The summed E-state index contributed by atoms with van der Waals surface area (Å²) in [4.78, 5) is 13.0. The Hall–Kier alpha value is -3.29. The Morgan fingerprint density at radius 3 is 2.42 bits per heavy atom. The van der Waals surface area contributed by atoms with Gasteiger partial charge in [0, 0.05) is 35.1 Å². The van der Waals surface area contributed by atoms with E-state index in [0.29, 0.717) is 27.8 Å². The van der Waals surface area contributed by atoms with Crippen molar-refractivity contribution in [2.24, 2.45) is 0 Å². The summed E-state index contributed by atoms with van der Waals surface area (Å²) < 4.78 is 19.7. The molecule has 0 aliphatic rings. The average Bonchev–Trinajstić information content (AvgIpc) is 2.80. The number of benzene rings is 2. The second kappa shape index (κ2) is 8.92. The third kappa shape index (κ3) is 4.74. The van der Waals surface area contributed by atoms with Gasteiger partial charge in [-0.05, 0) is 56.7 Å². The lowest BCUT2D eigenvalue weighted by atomic mass is 10.0. The fourth-order valence-corrected chi connectivity index (χ4v) is 3.77. The quantitative estimate of drug-likeness (QED) is 0.368. The SMILES string of the molecule is COc1ccc(F)c(C(C)Nc2c(Cl)cnc3ccc(-c4cnc(C(C)(C)O)nc4)cc23)c1. The van der Waals surface area contributed by atoms with E-state index in [1.807, 2.05) is 25.1 Å². The minimum atomic E-state index is -1.12. The van der Waals surface area contributed by atoms with Gasteiger partial charge in [0.05, 0.1) is 29.4 Å². The van der Waals surface area contributed by atoms with Crippen LogP contribution in [0.4, 0.5) is 10.1 Å². The third-order valence-electron chi connectivity index (χ3n) is 5.38. The van der Waals surface area contributed by atoms with E-state index in [2.05, 4.69) is 20.3 Å². The molecule has 0 saturated carbocycles. The molecule has 4 aromatic rings. The van der Waals surface area contributed by atoms with Gasteiger partial charge in [0.25, 0.3) is 0 Å². The number of anilines is 1. The number of halogens is 2. The maximum Gasteiger partial charge on any atom is 0.159 e. The number of nitrogens with one attached hydrogen (secondary N) is 1. The highest BCUT2D eigenvalue weighted by molar-refractivity contribution is 6.34. The highest BCUT2D eigenvalue weighted by Gasteiger charge is 2.20. The zero-order chi connectivity index (χ0) is 23.8. The molecule has 0 aliphatic heterocycles. The molecule has 2 heterocycles. The number of hydrogen-bond donors (Lipinski definition) is 2. The van der Waals surface area contributed by atoms with Gasteiger partial charge in [0.2, 0.25) is 0 Å². The molecule has 0 radical (unpaired) electrons. The fraction of sp³-hybridized carbons (Fsp3) is 0.240. The first kappa shape index (κ1) is 22.9. The summed E-state index contributed by atoms with van der Waals surface area (Å²) in [6.07, 6.45) is 4.91. The van der Waals surface area contributed by atoms with E-state index in [9.17, 15) is 9.50 Å². The predicted molar refractivity (Wildman–Crippen MR) is 128 cm³/mol. The lowest BCUT2D eigenvalue weighted by Crippen LogP contribution is -2.19. The standard InChI is InChI=1S/C25H24ClFN4O2/c1-14(18-10-17(33-4)6-7-21(18)27)31-23-19-9-15(5-8-22(19)28-13-20(23)26)16-11-29-24(30-12-16)25(2,3)32/h5-14,32H,1-4H3,(H,28,31). The molecule has 33 heavy (non-hydrogen) atoms. The number of rotatable bonds is 6. The Labute approximate surface area is 196 Å². The Kier molecular flexibility index (Phi) is 6.19. The molecule has 4 rings (SSSR count). The molecule has 2 N–H and O–H groups in total. The molecule has 1 unspecified atom stereocenters. The third-order valence-corrected chi connectivity index (χ3v) is 5.67. The second-order valence-electron chi connectivity index (χ2n) is 8.32. The topological polar surface area (TPSA) is 80.2 Å². The summed E-state index contributed by atoms with van der Waals surface area (Å²) in [7, 11) is 1.54. The smallest absolute Gasteiger partial charge is 0.159 e. The number of ether oxygens (including phenoxy) is 1. The van der Waals surface area contributed by atoms with Crippen LogP contribution in [0.2, 0.25) is 5.02 Å². The van der Waals surface area contributed by atoms with Gasteiger partial charge >= 0.3 is 0 Å². The summed E-state index contributed by atoms with van der Waals surface area (Å²) in [5, 5.41) is 14.6. The zero-order valence-electron chi connectivity index (χ0n) is 18.7. The van der Waals surface area contributed by atoms with Crippen LogP contribution in [0.1, 0.15) is 38.2 Å². The first-order valence-corrected chi connectivity index (χ1v) is 10.8. The van der Waals surface area contributed by atoms with Gasteiger partial charge in [0.15, 0.2) is 5.82 Å². The molecule has 0 aliphatic carbocycles. The van der Waals surface area contributed by atoms with Gasteiger partial charge in [-0.1, -0.05) is 17.7 Å². The number of fused-ring (bicyclic) bond motifs is 1. The largest absolute Gasteiger partial charge is 0.497 e. The number of methoxy groups -OCH3 is 1. The van der Waals surface area contributed by atoms with Gasteiger partial charge in [-0.2, -0.15) is 0 Å². The molecular weight excluding hydrogens is 443 g/mol. The molecule has 0 amide bonds.